The minimum Gasteiger partial charge on any atom is -0.488 e. The van der Waals surface area contributed by atoms with Crippen LogP contribution in [0, 0.1) is 0 Å². The minimum atomic E-state index is -0.221. The summed E-state index contributed by atoms with van der Waals surface area (Å²) in [5.74, 6) is 1.69. The number of nitrogens with zero attached hydrogens (tertiary/aromatic N) is 1. The number of guanidine groups is 1. The molecule has 0 saturated heterocycles. The summed E-state index contributed by atoms with van der Waals surface area (Å²) < 4.78 is 16.4. The maximum atomic E-state index is 6.03. The molecule has 156 valence electrons. The van der Waals surface area contributed by atoms with Crippen LogP contribution in [-0.2, 0) is 16.0 Å². The van der Waals surface area contributed by atoms with E-state index >= 15 is 0 Å². The van der Waals surface area contributed by atoms with Gasteiger partial charge in [0.15, 0.2) is 5.96 Å². The molecule has 27 heavy (non-hydrogen) atoms. The molecule has 0 unspecified atom stereocenters. The molecule has 0 bridgehead atoms. The third-order valence-electron chi connectivity index (χ3n) is 3.50. The lowest BCUT2D eigenvalue weighted by Crippen LogP contribution is -2.37. The van der Waals surface area contributed by atoms with Crippen molar-refractivity contribution >= 4 is 29.9 Å². The van der Waals surface area contributed by atoms with E-state index in [1.807, 2.05) is 18.2 Å². The normalized spacial score (nSPS) is 11.7. The molecule has 0 fully saturated rings. The van der Waals surface area contributed by atoms with E-state index in [-0.39, 0.29) is 29.6 Å². The van der Waals surface area contributed by atoms with Gasteiger partial charge in [-0.2, -0.15) is 0 Å². The first kappa shape index (κ1) is 25.9. The average molecular weight is 493 g/mol. The van der Waals surface area contributed by atoms with Gasteiger partial charge in [-0.15, -0.1) is 24.0 Å². The van der Waals surface area contributed by atoms with Gasteiger partial charge in [-0.25, -0.2) is 0 Å². The molecule has 0 spiro atoms. The largest absolute Gasteiger partial charge is 0.488 e. The van der Waals surface area contributed by atoms with E-state index in [0.717, 1.165) is 43.3 Å². The molecule has 2 N–H and O–H groups in total. The highest BCUT2D eigenvalue weighted by Gasteiger charge is 2.14. The van der Waals surface area contributed by atoms with Gasteiger partial charge in [0.1, 0.15) is 11.4 Å². The Bertz CT molecular complexity index is 533. The van der Waals surface area contributed by atoms with E-state index in [1.54, 1.807) is 14.2 Å². The Labute approximate surface area is 181 Å². The molecule has 1 rings (SSSR count). The molecular weight excluding hydrogens is 457 g/mol. The Morgan fingerprint density at radius 2 is 1.78 bits per heavy atom. The van der Waals surface area contributed by atoms with Crippen molar-refractivity contribution in [3.05, 3.63) is 29.8 Å². The summed E-state index contributed by atoms with van der Waals surface area (Å²) in [5.41, 5.74) is 0.887. The number of rotatable bonds is 11. The number of aliphatic imine (C=N–C) groups is 1. The lowest BCUT2D eigenvalue weighted by Gasteiger charge is -2.23. The first-order valence-corrected chi connectivity index (χ1v) is 9.24. The molecule has 0 aliphatic carbocycles. The predicted molar refractivity (Wildman–Crippen MR) is 122 cm³/mol. The van der Waals surface area contributed by atoms with Crippen LogP contribution in [0.5, 0.6) is 5.75 Å². The molecule has 1 aromatic rings. The highest BCUT2D eigenvalue weighted by molar-refractivity contribution is 14.0. The van der Waals surface area contributed by atoms with E-state index in [4.69, 9.17) is 14.2 Å². The SMILES string of the molecule is CN=C(NCCCCOCCOC)NCc1ccccc1OC(C)(C)C.I. The van der Waals surface area contributed by atoms with Gasteiger partial charge in [-0.1, -0.05) is 18.2 Å². The first-order chi connectivity index (χ1) is 12.5. The van der Waals surface area contributed by atoms with Crippen LogP contribution in [0.4, 0.5) is 0 Å². The van der Waals surface area contributed by atoms with Crippen molar-refractivity contribution < 1.29 is 14.2 Å². The van der Waals surface area contributed by atoms with Crippen LogP contribution in [0.2, 0.25) is 0 Å². The number of ether oxygens (including phenoxy) is 3. The highest BCUT2D eigenvalue weighted by atomic mass is 127. The van der Waals surface area contributed by atoms with Crippen molar-refractivity contribution in [3.63, 3.8) is 0 Å². The van der Waals surface area contributed by atoms with Crippen LogP contribution < -0.4 is 15.4 Å². The van der Waals surface area contributed by atoms with Gasteiger partial charge in [0.25, 0.3) is 0 Å². The Morgan fingerprint density at radius 1 is 1.04 bits per heavy atom. The Hall–Kier alpha value is -1.06. The van der Waals surface area contributed by atoms with Crippen LogP contribution in [-0.4, -0.2) is 52.1 Å². The summed E-state index contributed by atoms with van der Waals surface area (Å²) in [5, 5.41) is 6.67. The van der Waals surface area contributed by atoms with E-state index in [9.17, 15) is 0 Å². The maximum absolute atomic E-state index is 6.03. The van der Waals surface area contributed by atoms with Crippen molar-refractivity contribution in [2.24, 2.45) is 4.99 Å². The van der Waals surface area contributed by atoms with Gasteiger partial charge in [0, 0.05) is 39.4 Å². The average Bonchev–Trinajstić information content (AvgIpc) is 2.59. The van der Waals surface area contributed by atoms with Crippen LogP contribution in [0.15, 0.2) is 29.3 Å². The Balaban J connectivity index is 0.00000676. The summed E-state index contributed by atoms with van der Waals surface area (Å²) in [6, 6.07) is 8.08. The smallest absolute Gasteiger partial charge is 0.191 e. The molecule has 0 atom stereocenters. The molecule has 0 saturated carbocycles. The van der Waals surface area contributed by atoms with Gasteiger partial charge < -0.3 is 24.8 Å². The molecule has 0 aromatic heterocycles. The minimum absolute atomic E-state index is 0. The number of hydrogen-bond donors (Lipinski definition) is 2. The second-order valence-corrected chi connectivity index (χ2v) is 6.99. The van der Waals surface area contributed by atoms with Gasteiger partial charge in [-0.05, 0) is 39.7 Å². The number of halogens is 1. The van der Waals surface area contributed by atoms with E-state index < -0.39 is 0 Å². The summed E-state index contributed by atoms with van der Waals surface area (Å²) in [6.07, 6.45) is 2.04. The molecule has 7 heteroatoms. The highest BCUT2D eigenvalue weighted by Crippen LogP contribution is 2.22. The summed E-state index contributed by atoms with van der Waals surface area (Å²) in [6.45, 7) is 9.73. The summed E-state index contributed by atoms with van der Waals surface area (Å²) in [7, 11) is 3.46. The fourth-order valence-corrected chi connectivity index (χ4v) is 2.26. The zero-order chi connectivity index (χ0) is 19.3. The maximum Gasteiger partial charge on any atom is 0.191 e. The first-order valence-electron chi connectivity index (χ1n) is 9.24. The fourth-order valence-electron chi connectivity index (χ4n) is 2.26. The Morgan fingerprint density at radius 3 is 2.44 bits per heavy atom. The van der Waals surface area contributed by atoms with Gasteiger partial charge in [0.2, 0.25) is 0 Å². The zero-order valence-corrected chi connectivity index (χ0v) is 19.7. The van der Waals surface area contributed by atoms with Crippen molar-refractivity contribution in [1.29, 1.82) is 0 Å². The quantitative estimate of drug-likeness (QED) is 0.214. The Kier molecular flexibility index (Phi) is 14.3. The number of unbranched alkanes of at least 4 members (excludes halogenated alkanes) is 1. The van der Waals surface area contributed by atoms with Crippen molar-refractivity contribution in [1.82, 2.24) is 10.6 Å². The monoisotopic (exact) mass is 493 g/mol. The number of methoxy groups -OCH3 is 1. The number of nitrogens with one attached hydrogen (secondary N) is 2. The third kappa shape index (κ3) is 12.9. The topological polar surface area (TPSA) is 64.1 Å². The van der Waals surface area contributed by atoms with Gasteiger partial charge in [-0.3, -0.25) is 4.99 Å². The molecular formula is C20H36IN3O3. The molecule has 0 heterocycles. The van der Waals surface area contributed by atoms with Crippen molar-refractivity contribution in [2.45, 2.75) is 45.8 Å². The lowest BCUT2D eigenvalue weighted by atomic mass is 10.1. The summed E-state index contributed by atoms with van der Waals surface area (Å²) >= 11 is 0. The van der Waals surface area contributed by atoms with Crippen LogP contribution in [0.1, 0.15) is 39.2 Å². The van der Waals surface area contributed by atoms with E-state index in [1.165, 1.54) is 0 Å². The zero-order valence-electron chi connectivity index (χ0n) is 17.3. The molecule has 0 aliphatic rings. The fraction of sp³-hybridized carbons (Fsp3) is 0.650. The number of para-hydroxylation sites is 1. The lowest BCUT2D eigenvalue weighted by molar-refractivity contribution is 0.0689. The van der Waals surface area contributed by atoms with E-state index in [2.05, 4.69) is 42.5 Å². The molecule has 6 nitrogen and oxygen atoms in total. The summed E-state index contributed by atoms with van der Waals surface area (Å²) in [4.78, 5) is 4.27. The van der Waals surface area contributed by atoms with Gasteiger partial charge in [0.05, 0.1) is 13.2 Å². The molecule has 0 radical (unpaired) electrons. The van der Waals surface area contributed by atoms with Crippen LogP contribution in [0.25, 0.3) is 0 Å². The van der Waals surface area contributed by atoms with Crippen LogP contribution >= 0.6 is 24.0 Å². The standard InChI is InChI=1S/C20H35N3O3.HI/c1-20(2,3)26-18-11-7-6-10-17(18)16-23-19(21-4)22-12-8-9-13-25-15-14-24-5;/h6-7,10-11H,8-9,12-16H2,1-5H3,(H2,21,22,23);1H. The molecule has 0 aliphatic heterocycles. The second kappa shape index (κ2) is 14.9. The third-order valence-corrected chi connectivity index (χ3v) is 3.50. The predicted octanol–water partition coefficient (Wildman–Crippen LogP) is 3.59. The number of hydrogen-bond acceptors (Lipinski definition) is 4. The van der Waals surface area contributed by atoms with E-state index in [0.29, 0.717) is 19.8 Å². The van der Waals surface area contributed by atoms with Crippen molar-refractivity contribution in [2.75, 3.05) is 40.5 Å². The van der Waals surface area contributed by atoms with Crippen LogP contribution in [0.3, 0.4) is 0 Å². The second-order valence-electron chi connectivity index (χ2n) is 6.99. The molecule has 0 amide bonds. The number of benzene rings is 1. The molecule has 1 aromatic carbocycles. The van der Waals surface area contributed by atoms with Crippen molar-refractivity contribution in [3.8, 4) is 5.75 Å². The van der Waals surface area contributed by atoms with Gasteiger partial charge >= 0.3 is 0 Å².